The Bertz CT molecular complexity index is 872. The van der Waals surface area contributed by atoms with E-state index >= 15 is 0 Å². The van der Waals surface area contributed by atoms with Crippen LogP contribution in [0.2, 0.25) is 0 Å². The van der Waals surface area contributed by atoms with Crippen molar-refractivity contribution in [3.8, 4) is 0 Å². The number of halogens is 2. The molecule has 146 valence electrons. The van der Waals surface area contributed by atoms with Crippen molar-refractivity contribution in [1.82, 2.24) is 9.34 Å². The molecule has 2 aliphatic heterocycles. The van der Waals surface area contributed by atoms with Gasteiger partial charge in [-0.05, 0) is 46.7 Å². The van der Waals surface area contributed by atoms with Crippen LogP contribution < -0.4 is 9.34 Å². The van der Waals surface area contributed by atoms with Gasteiger partial charge in [-0.3, -0.25) is 18.9 Å². The van der Waals surface area contributed by atoms with Crippen molar-refractivity contribution in [1.29, 1.82) is 0 Å². The molecule has 0 aromatic heterocycles. The summed E-state index contributed by atoms with van der Waals surface area (Å²) in [4.78, 5) is 25.9. The highest BCUT2D eigenvalue weighted by Gasteiger charge is 2.39. The number of amides is 2. The van der Waals surface area contributed by atoms with E-state index in [1.807, 2.05) is 59.8 Å². The molecule has 2 unspecified atom stereocenters. The highest BCUT2D eigenvalue weighted by atomic mass is 35.7. The summed E-state index contributed by atoms with van der Waals surface area (Å²) in [7, 11) is 1.03. The molecule has 0 fully saturated rings. The zero-order valence-electron chi connectivity index (χ0n) is 15.3. The van der Waals surface area contributed by atoms with Crippen molar-refractivity contribution in [2.75, 3.05) is 36.5 Å². The van der Waals surface area contributed by atoms with Crippen LogP contribution in [0.4, 0.5) is 11.4 Å². The normalized spacial score (nSPS) is 21.7. The third-order valence-electron chi connectivity index (χ3n) is 4.85. The highest BCUT2D eigenvalue weighted by molar-refractivity contribution is 7.84. The van der Waals surface area contributed by atoms with Gasteiger partial charge in [-0.25, -0.2) is 0 Å². The van der Waals surface area contributed by atoms with Crippen molar-refractivity contribution >= 4 is 60.8 Å². The number of hydrogen-bond donors (Lipinski definition) is 0. The molecule has 2 heterocycles. The lowest BCUT2D eigenvalue weighted by Crippen LogP contribution is -2.43. The second kappa shape index (κ2) is 7.68. The number of nitrogens with zero attached hydrogens (tertiary/aromatic N) is 4. The average Bonchev–Trinajstić information content (AvgIpc) is 2.72. The Kier molecular flexibility index (Phi) is 5.41. The number of hydrogen-bond acceptors (Lipinski definition) is 4. The Morgan fingerprint density at radius 3 is 1.46 bits per heavy atom. The van der Waals surface area contributed by atoms with E-state index < -0.39 is 15.2 Å². The van der Waals surface area contributed by atoms with Gasteiger partial charge in [-0.15, -0.1) is 0 Å². The van der Waals surface area contributed by atoms with Gasteiger partial charge >= 0.3 is 0 Å². The Balaban J connectivity index is 1.56. The monoisotopic (exact) mass is 454 g/mol. The molecule has 10 heteroatoms. The minimum absolute atomic E-state index is 0.119. The summed E-state index contributed by atoms with van der Waals surface area (Å²) in [5.41, 5.74) is 2.88. The second-order valence-corrected chi connectivity index (χ2v) is 11.4. The molecule has 0 saturated carbocycles. The molecule has 2 aromatic carbocycles. The molecule has 28 heavy (non-hydrogen) atoms. The smallest absolute Gasteiger partial charge is 0.261 e. The molecule has 2 amide bonds. The zero-order chi connectivity index (χ0) is 20.0. The molecular weight excluding hydrogens is 437 g/mol. The summed E-state index contributed by atoms with van der Waals surface area (Å²) in [6, 6.07) is 14.8. The van der Waals surface area contributed by atoms with Gasteiger partial charge in [0, 0.05) is 27.2 Å². The van der Waals surface area contributed by atoms with Crippen molar-refractivity contribution in [3.63, 3.8) is 0 Å². The maximum absolute atomic E-state index is 13.0. The topological polar surface area (TPSA) is 47.1 Å². The zero-order valence-corrected chi connectivity index (χ0v) is 18.6. The second-order valence-electron chi connectivity index (χ2n) is 6.42. The fourth-order valence-electron chi connectivity index (χ4n) is 3.36. The Morgan fingerprint density at radius 2 is 1.07 bits per heavy atom. The minimum atomic E-state index is -1.36. The fourth-order valence-corrected chi connectivity index (χ4v) is 7.09. The van der Waals surface area contributed by atoms with Crippen molar-refractivity contribution in [3.05, 3.63) is 59.7 Å². The number of rotatable bonds is 3. The first kappa shape index (κ1) is 19.7. The predicted molar refractivity (Wildman–Crippen MR) is 117 cm³/mol. The van der Waals surface area contributed by atoms with E-state index in [0.717, 1.165) is 11.4 Å². The summed E-state index contributed by atoms with van der Waals surface area (Å²) in [6.07, 6.45) is 0. The van der Waals surface area contributed by atoms with Crippen LogP contribution in [0.25, 0.3) is 0 Å². The molecular formula is C18H18Cl2N4O2P2. The summed E-state index contributed by atoms with van der Waals surface area (Å²) >= 11 is 13.2. The SMILES string of the molecule is CN1c2ccccc2C(=O)N(CCN2C(=O)c3ccccc3N(C)P2Cl)P1Cl. The van der Waals surface area contributed by atoms with E-state index in [2.05, 4.69) is 0 Å². The summed E-state index contributed by atoms with van der Waals surface area (Å²) in [5.74, 6) is -0.237. The van der Waals surface area contributed by atoms with Crippen molar-refractivity contribution in [2.24, 2.45) is 0 Å². The van der Waals surface area contributed by atoms with Gasteiger partial charge in [-0.2, -0.15) is 0 Å². The van der Waals surface area contributed by atoms with Crippen LogP contribution in [-0.2, 0) is 0 Å². The average molecular weight is 455 g/mol. The van der Waals surface area contributed by atoms with Gasteiger partial charge in [0.2, 0.25) is 0 Å². The van der Waals surface area contributed by atoms with E-state index in [0.29, 0.717) is 24.2 Å². The molecule has 2 aromatic rings. The van der Waals surface area contributed by atoms with Crippen LogP contribution in [0.3, 0.4) is 0 Å². The van der Waals surface area contributed by atoms with Gasteiger partial charge in [0.1, 0.15) is 0 Å². The maximum atomic E-state index is 13.0. The summed E-state index contributed by atoms with van der Waals surface area (Å²) in [6.45, 7) is 0.639. The number of fused-ring (bicyclic) bond motifs is 2. The standard InChI is InChI=1S/C18H18Cl2N4O2P2/c1-21-15-9-5-3-7-13(15)17(25)23(27(21)19)11-12-24-18(26)14-8-4-6-10-16(14)22(2)28(24)20/h3-10H,11-12H2,1-2H3. The number of para-hydroxylation sites is 2. The molecule has 0 bridgehead atoms. The number of carbonyl (C=O) groups is 2. The first-order chi connectivity index (χ1) is 13.4. The van der Waals surface area contributed by atoms with Crippen LogP contribution in [0.5, 0.6) is 0 Å². The molecule has 0 aliphatic carbocycles. The quantitative estimate of drug-likeness (QED) is 0.605. The third kappa shape index (κ3) is 3.13. The Morgan fingerprint density at radius 1 is 0.714 bits per heavy atom. The minimum Gasteiger partial charge on any atom is -0.324 e. The van der Waals surface area contributed by atoms with E-state index in [-0.39, 0.29) is 11.8 Å². The maximum Gasteiger partial charge on any atom is 0.261 e. The van der Waals surface area contributed by atoms with E-state index in [1.165, 1.54) is 0 Å². The van der Waals surface area contributed by atoms with E-state index in [9.17, 15) is 9.59 Å². The van der Waals surface area contributed by atoms with Gasteiger partial charge in [0.05, 0.1) is 22.5 Å². The van der Waals surface area contributed by atoms with Gasteiger partial charge < -0.3 is 9.34 Å². The molecule has 2 aliphatic rings. The van der Waals surface area contributed by atoms with E-state index in [1.54, 1.807) is 21.5 Å². The van der Waals surface area contributed by atoms with Crippen LogP contribution in [0.15, 0.2) is 48.5 Å². The first-order valence-electron chi connectivity index (χ1n) is 8.62. The Hall–Kier alpha value is -1.58. The van der Waals surface area contributed by atoms with Crippen molar-refractivity contribution in [2.45, 2.75) is 0 Å². The van der Waals surface area contributed by atoms with Gasteiger partial charge in [-0.1, -0.05) is 24.3 Å². The van der Waals surface area contributed by atoms with Crippen LogP contribution in [-0.4, -0.2) is 48.3 Å². The fraction of sp³-hybridized carbons (Fsp3) is 0.222. The lowest BCUT2D eigenvalue weighted by atomic mass is 10.1. The third-order valence-corrected chi connectivity index (χ3v) is 10.3. The summed E-state index contributed by atoms with van der Waals surface area (Å²) < 4.78 is 7.09. The van der Waals surface area contributed by atoms with Crippen LogP contribution in [0.1, 0.15) is 20.7 Å². The lowest BCUT2D eigenvalue weighted by molar-refractivity contribution is 0.0813. The molecule has 2 atom stereocenters. The van der Waals surface area contributed by atoms with Crippen LogP contribution in [0, 0.1) is 0 Å². The molecule has 4 rings (SSSR count). The van der Waals surface area contributed by atoms with Crippen LogP contribution >= 0.6 is 37.6 Å². The number of carbonyl (C=O) groups excluding carboxylic acids is 2. The molecule has 0 radical (unpaired) electrons. The molecule has 6 nitrogen and oxygen atoms in total. The molecule has 0 N–H and O–H groups in total. The molecule has 0 saturated heterocycles. The molecule has 0 spiro atoms. The van der Waals surface area contributed by atoms with E-state index in [4.69, 9.17) is 22.5 Å². The number of benzene rings is 2. The summed E-state index contributed by atoms with van der Waals surface area (Å²) in [5, 5.41) is 0. The van der Waals surface area contributed by atoms with Gasteiger partial charge in [0.25, 0.3) is 11.8 Å². The first-order valence-corrected chi connectivity index (χ1v) is 12.9. The highest BCUT2D eigenvalue weighted by Crippen LogP contribution is 2.57. The number of anilines is 2. The predicted octanol–water partition coefficient (Wildman–Crippen LogP) is 5.10. The van der Waals surface area contributed by atoms with Gasteiger partial charge in [0.15, 0.2) is 15.2 Å². The lowest BCUT2D eigenvalue weighted by Gasteiger charge is -2.42. The van der Waals surface area contributed by atoms with Crippen molar-refractivity contribution < 1.29 is 9.59 Å². The largest absolute Gasteiger partial charge is 0.324 e. The Labute approximate surface area is 175 Å².